The minimum absolute atomic E-state index is 0.0432. The first-order chi connectivity index (χ1) is 10.6. The average molecular weight is 359 g/mol. The summed E-state index contributed by atoms with van der Waals surface area (Å²) in [6.45, 7) is 3.74. The van der Waals surface area contributed by atoms with Crippen molar-refractivity contribution in [1.82, 2.24) is 4.90 Å². The van der Waals surface area contributed by atoms with Crippen LogP contribution < -0.4 is 5.32 Å². The molecule has 0 fully saturated rings. The molecule has 1 amide bonds. The first-order valence-corrected chi connectivity index (χ1v) is 8.30. The summed E-state index contributed by atoms with van der Waals surface area (Å²) in [4.78, 5) is 14.7. The number of anilines is 1. The molecule has 114 valence electrons. The maximum absolute atomic E-state index is 12.4. The summed E-state index contributed by atoms with van der Waals surface area (Å²) in [5.74, 6) is 0.0432. The Bertz CT molecular complexity index is 669. The highest BCUT2D eigenvalue weighted by atomic mass is 79.9. The third-order valence-corrected chi connectivity index (χ3v) is 4.73. The molecule has 0 saturated carbocycles. The molecule has 1 aliphatic heterocycles. The summed E-state index contributed by atoms with van der Waals surface area (Å²) >= 11 is 3.40. The minimum Gasteiger partial charge on any atom is -0.325 e. The summed E-state index contributed by atoms with van der Waals surface area (Å²) in [6, 6.07) is 16.0. The molecule has 4 heteroatoms. The van der Waals surface area contributed by atoms with E-state index in [1.807, 2.05) is 31.2 Å². The van der Waals surface area contributed by atoms with Crippen LogP contribution >= 0.6 is 15.9 Å². The standard InChI is InChI=1S/C18H19BrN2O/c1-13(18(22)20-17-8-6-16(19)7-9-17)21-11-10-14-4-2-3-5-15(14)12-21/h2-9,13H,10-12H2,1H3,(H,20,22)/t13-/m1/s1. The van der Waals surface area contributed by atoms with Crippen molar-refractivity contribution in [2.24, 2.45) is 0 Å². The SMILES string of the molecule is C[C@H](C(=O)Nc1ccc(Br)cc1)N1CCc2ccccc2C1. The summed E-state index contributed by atoms with van der Waals surface area (Å²) in [7, 11) is 0. The molecular weight excluding hydrogens is 340 g/mol. The highest BCUT2D eigenvalue weighted by Crippen LogP contribution is 2.21. The molecule has 22 heavy (non-hydrogen) atoms. The second-order valence-electron chi connectivity index (χ2n) is 5.66. The fourth-order valence-electron chi connectivity index (χ4n) is 2.79. The van der Waals surface area contributed by atoms with E-state index in [1.165, 1.54) is 11.1 Å². The lowest BCUT2D eigenvalue weighted by molar-refractivity contribution is -0.121. The molecule has 0 saturated heterocycles. The molecule has 3 nitrogen and oxygen atoms in total. The van der Waals surface area contributed by atoms with Crippen molar-refractivity contribution in [3.63, 3.8) is 0 Å². The molecule has 0 aliphatic carbocycles. The van der Waals surface area contributed by atoms with Gasteiger partial charge in [0.05, 0.1) is 6.04 Å². The Morgan fingerprint density at radius 2 is 1.82 bits per heavy atom. The van der Waals surface area contributed by atoms with Gasteiger partial charge in [-0.2, -0.15) is 0 Å². The average Bonchev–Trinajstić information content (AvgIpc) is 2.55. The highest BCUT2D eigenvalue weighted by molar-refractivity contribution is 9.10. The van der Waals surface area contributed by atoms with Crippen molar-refractivity contribution in [3.8, 4) is 0 Å². The van der Waals surface area contributed by atoms with Crippen LogP contribution in [-0.2, 0) is 17.8 Å². The van der Waals surface area contributed by atoms with Crippen LogP contribution in [0.1, 0.15) is 18.1 Å². The van der Waals surface area contributed by atoms with Crippen LogP contribution in [0.3, 0.4) is 0 Å². The Morgan fingerprint density at radius 1 is 1.14 bits per heavy atom. The van der Waals surface area contributed by atoms with Crippen LogP contribution in [0, 0.1) is 0 Å². The van der Waals surface area contributed by atoms with E-state index in [4.69, 9.17) is 0 Å². The van der Waals surface area contributed by atoms with Gasteiger partial charge in [-0.25, -0.2) is 0 Å². The lowest BCUT2D eigenvalue weighted by atomic mass is 9.99. The Balaban J connectivity index is 1.65. The maximum Gasteiger partial charge on any atom is 0.241 e. The van der Waals surface area contributed by atoms with Gasteiger partial charge in [0.15, 0.2) is 0 Å². The Kier molecular flexibility index (Phi) is 4.60. The molecular formula is C18H19BrN2O. The summed E-state index contributed by atoms with van der Waals surface area (Å²) in [5.41, 5.74) is 3.56. The van der Waals surface area contributed by atoms with Gasteiger partial charge in [0.25, 0.3) is 0 Å². The third kappa shape index (κ3) is 3.39. The summed E-state index contributed by atoms with van der Waals surface area (Å²) in [6.07, 6.45) is 1.01. The summed E-state index contributed by atoms with van der Waals surface area (Å²) < 4.78 is 1.01. The second kappa shape index (κ2) is 6.63. The molecule has 0 spiro atoms. The first kappa shape index (κ1) is 15.3. The molecule has 2 aromatic carbocycles. The zero-order valence-corrected chi connectivity index (χ0v) is 14.1. The number of hydrogen-bond acceptors (Lipinski definition) is 2. The highest BCUT2D eigenvalue weighted by Gasteiger charge is 2.25. The normalized spacial score (nSPS) is 15.9. The fourth-order valence-corrected chi connectivity index (χ4v) is 3.06. The van der Waals surface area contributed by atoms with Gasteiger partial charge in [0.1, 0.15) is 0 Å². The quantitative estimate of drug-likeness (QED) is 0.903. The number of carbonyl (C=O) groups excluding carboxylic acids is 1. The molecule has 3 rings (SSSR count). The molecule has 0 radical (unpaired) electrons. The van der Waals surface area contributed by atoms with Gasteiger partial charge in [-0.15, -0.1) is 0 Å². The molecule has 0 bridgehead atoms. The first-order valence-electron chi connectivity index (χ1n) is 7.51. The lowest BCUT2D eigenvalue weighted by Gasteiger charge is -2.32. The molecule has 2 aromatic rings. The predicted octanol–water partition coefficient (Wildman–Crippen LogP) is 3.83. The van der Waals surface area contributed by atoms with E-state index in [0.717, 1.165) is 29.7 Å². The maximum atomic E-state index is 12.4. The number of benzene rings is 2. The number of nitrogens with one attached hydrogen (secondary N) is 1. The van der Waals surface area contributed by atoms with E-state index < -0.39 is 0 Å². The van der Waals surface area contributed by atoms with E-state index in [0.29, 0.717) is 0 Å². The number of carbonyl (C=O) groups is 1. The van der Waals surface area contributed by atoms with Crippen molar-refractivity contribution < 1.29 is 4.79 Å². The topological polar surface area (TPSA) is 32.3 Å². The molecule has 1 N–H and O–H groups in total. The number of rotatable bonds is 3. The molecule has 1 aliphatic rings. The third-order valence-electron chi connectivity index (χ3n) is 4.20. The zero-order chi connectivity index (χ0) is 15.5. The van der Waals surface area contributed by atoms with Gasteiger partial charge < -0.3 is 5.32 Å². The van der Waals surface area contributed by atoms with E-state index in [1.54, 1.807) is 0 Å². The van der Waals surface area contributed by atoms with Gasteiger partial charge in [-0.05, 0) is 48.7 Å². The number of halogens is 1. The number of fused-ring (bicyclic) bond motifs is 1. The summed E-state index contributed by atoms with van der Waals surface area (Å²) in [5, 5.41) is 2.99. The molecule has 1 heterocycles. The van der Waals surface area contributed by atoms with Crippen LogP contribution in [0.2, 0.25) is 0 Å². The van der Waals surface area contributed by atoms with Crippen LogP contribution in [-0.4, -0.2) is 23.4 Å². The van der Waals surface area contributed by atoms with Gasteiger partial charge in [0.2, 0.25) is 5.91 Å². The van der Waals surface area contributed by atoms with Gasteiger partial charge in [-0.3, -0.25) is 9.69 Å². The number of hydrogen-bond donors (Lipinski definition) is 1. The van der Waals surface area contributed by atoms with Gasteiger partial charge >= 0.3 is 0 Å². The van der Waals surface area contributed by atoms with Crippen LogP contribution in [0.5, 0.6) is 0 Å². The fraction of sp³-hybridized carbons (Fsp3) is 0.278. The van der Waals surface area contributed by atoms with Crippen LogP contribution in [0.15, 0.2) is 53.0 Å². The van der Waals surface area contributed by atoms with E-state index in [9.17, 15) is 4.79 Å². The number of nitrogens with zero attached hydrogens (tertiary/aromatic N) is 1. The van der Waals surface area contributed by atoms with Gasteiger partial charge in [0, 0.05) is 23.2 Å². The molecule has 0 unspecified atom stereocenters. The number of amides is 1. The van der Waals surface area contributed by atoms with E-state index in [2.05, 4.69) is 50.4 Å². The molecule has 1 atom stereocenters. The second-order valence-corrected chi connectivity index (χ2v) is 6.58. The predicted molar refractivity (Wildman–Crippen MR) is 92.8 cm³/mol. The Labute approximate surface area is 139 Å². The minimum atomic E-state index is -0.142. The Hall–Kier alpha value is -1.65. The van der Waals surface area contributed by atoms with Crippen molar-refractivity contribution >= 4 is 27.5 Å². The van der Waals surface area contributed by atoms with Crippen molar-refractivity contribution in [1.29, 1.82) is 0 Å². The smallest absolute Gasteiger partial charge is 0.241 e. The Morgan fingerprint density at radius 3 is 2.55 bits per heavy atom. The molecule has 0 aromatic heterocycles. The zero-order valence-electron chi connectivity index (χ0n) is 12.6. The van der Waals surface area contributed by atoms with E-state index in [-0.39, 0.29) is 11.9 Å². The lowest BCUT2D eigenvalue weighted by Crippen LogP contribution is -2.44. The van der Waals surface area contributed by atoms with Crippen molar-refractivity contribution in [2.75, 3.05) is 11.9 Å². The monoisotopic (exact) mass is 358 g/mol. The van der Waals surface area contributed by atoms with Crippen LogP contribution in [0.25, 0.3) is 0 Å². The van der Waals surface area contributed by atoms with Crippen LogP contribution in [0.4, 0.5) is 5.69 Å². The van der Waals surface area contributed by atoms with Gasteiger partial charge in [-0.1, -0.05) is 40.2 Å². The largest absolute Gasteiger partial charge is 0.325 e. The van der Waals surface area contributed by atoms with Crippen molar-refractivity contribution in [2.45, 2.75) is 25.9 Å². The van der Waals surface area contributed by atoms with Crippen molar-refractivity contribution in [3.05, 3.63) is 64.1 Å². The van der Waals surface area contributed by atoms with E-state index >= 15 is 0 Å².